The molecule has 11 rings (SSSR count). The third-order valence-corrected chi connectivity index (χ3v) is 12.5. The highest BCUT2D eigenvalue weighted by Gasteiger charge is 2.39. The van der Waals surface area contributed by atoms with Crippen LogP contribution in [-0.2, 0) is 0 Å². The molecule has 0 fully saturated rings. The highest BCUT2D eigenvalue weighted by Crippen LogP contribution is 2.53. The molecule has 2 nitrogen and oxygen atoms in total. The maximum atomic E-state index is 2.55. The third-order valence-electron chi connectivity index (χ3n) is 11.4. The maximum Gasteiger partial charge on any atom is 0.0629 e. The topological polar surface area (TPSA) is 6.48 Å². The molecule has 0 N–H and O–H groups in total. The van der Waals surface area contributed by atoms with E-state index in [1.54, 1.807) is 0 Å². The Hall–Kier alpha value is -6.68. The van der Waals surface area contributed by atoms with Gasteiger partial charge in [0.25, 0.3) is 0 Å². The van der Waals surface area contributed by atoms with E-state index in [9.17, 15) is 0 Å². The van der Waals surface area contributed by atoms with Crippen LogP contribution in [0.2, 0.25) is 0 Å². The van der Waals surface area contributed by atoms with Gasteiger partial charge in [-0.3, -0.25) is 0 Å². The molecule has 1 aliphatic carbocycles. The first-order valence-electron chi connectivity index (χ1n) is 19.0. The van der Waals surface area contributed by atoms with Gasteiger partial charge in [-0.05, 0) is 88.3 Å². The maximum absolute atomic E-state index is 2.55. The quantitative estimate of drug-likeness (QED) is 0.169. The van der Waals surface area contributed by atoms with Gasteiger partial charge in [-0.15, -0.1) is 11.3 Å². The van der Waals surface area contributed by atoms with E-state index in [1.165, 1.54) is 70.1 Å². The zero-order valence-electron chi connectivity index (χ0n) is 30.1. The summed E-state index contributed by atoms with van der Waals surface area (Å²) in [7, 11) is 0. The number of benzene rings is 8. The number of hydrogen-bond donors (Lipinski definition) is 0. The number of fused-ring (bicyclic) bond motifs is 8. The summed E-state index contributed by atoms with van der Waals surface area (Å²) in [5.41, 5.74) is 12.2. The van der Waals surface area contributed by atoms with Gasteiger partial charge in [-0.25, -0.2) is 0 Å². The molecule has 260 valence electrons. The first-order valence-corrected chi connectivity index (χ1v) is 19.8. The Labute approximate surface area is 325 Å². The summed E-state index contributed by atoms with van der Waals surface area (Å²) in [5.74, 6) is 0.274. The van der Waals surface area contributed by atoms with E-state index in [0.717, 1.165) is 17.1 Å². The van der Waals surface area contributed by atoms with Crippen LogP contribution >= 0.6 is 11.3 Å². The normalized spacial score (nSPS) is 15.8. The van der Waals surface area contributed by atoms with Gasteiger partial charge in [0.05, 0.1) is 17.4 Å². The molecule has 1 aliphatic heterocycles. The molecule has 9 aromatic rings. The minimum Gasteiger partial charge on any atom is -0.333 e. The number of nitrogens with zero attached hydrogens (tertiary/aromatic N) is 2. The summed E-state index contributed by atoms with van der Waals surface area (Å²) in [5, 5.41) is 5.14. The van der Waals surface area contributed by atoms with E-state index in [-0.39, 0.29) is 12.0 Å². The summed E-state index contributed by atoms with van der Waals surface area (Å²) in [6.07, 6.45) is 9.15. The molecule has 2 atom stereocenters. The average molecular weight is 721 g/mol. The summed E-state index contributed by atoms with van der Waals surface area (Å²) < 4.78 is 2.62. The highest BCUT2D eigenvalue weighted by atomic mass is 32.1. The van der Waals surface area contributed by atoms with Crippen molar-refractivity contribution in [1.82, 2.24) is 0 Å². The second-order valence-electron chi connectivity index (χ2n) is 14.4. The number of rotatable bonds is 6. The molecule has 0 spiro atoms. The molecule has 0 saturated heterocycles. The van der Waals surface area contributed by atoms with E-state index >= 15 is 0 Å². The second-order valence-corrected chi connectivity index (χ2v) is 15.5. The fourth-order valence-corrected chi connectivity index (χ4v) is 10.00. The standard InChI is InChI=1S/C52H36N2S/c1-3-15-35(16-4-1)40-19-9-12-24-48(40)53(39-31-32-51-46(33-39)43-22-11-14-26-50(43)55-51)38-29-27-36(28-30-38)45-34-47-42-21-10-13-25-49(42)54(37-17-5-2-6-18-37)52(47)44-23-8-7-20-41(44)45/h1-34,42,49H/t42?,49-/m0/s1. The Morgan fingerprint density at radius 3 is 1.93 bits per heavy atom. The first-order chi connectivity index (χ1) is 27.3. The number of allylic oxidation sites excluding steroid dienone is 2. The number of hydrogen-bond acceptors (Lipinski definition) is 3. The van der Waals surface area contributed by atoms with E-state index < -0.39 is 0 Å². The van der Waals surface area contributed by atoms with Gasteiger partial charge in [0, 0.05) is 54.1 Å². The van der Waals surface area contributed by atoms with Crippen molar-refractivity contribution in [2.75, 3.05) is 9.80 Å². The minimum absolute atomic E-state index is 0.236. The van der Waals surface area contributed by atoms with Crippen molar-refractivity contribution >= 4 is 70.7 Å². The van der Waals surface area contributed by atoms with Gasteiger partial charge in [0.15, 0.2) is 0 Å². The molecule has 8 aromatic carbocycles. The molecule has 0 amide bonds. The van der Waals surface area contributed by atoms with Crippen LogP contribution in [-0.4, -0.2) is 6.04 Å². The van der Waals surface area contributed by atoms with Crippen LogP contribution in [0, 0.1) is 0 Å². The molecule has 2 aliphatic rings. The molecule has 0 saturated carbocycles. The summed E-state index contributed by atoms with van der Waals surface area (Å²) in [6, 6.07) is 67.0. The van der Waals surface area contributed by atoms with Crippen molar-refractivity contribution in [2.24, 2.45) is 0 Å². The van der Waals surface area contributed by atoms with Crippen LogP contribution in [0.3, 0.4) is 0 Å². The van der Waals surface area contributed by atoms with E-state index in [4.69, 9.17) is 0 Å². The van der Waals surface area contributed by atoms with Gasteiger partial charge in [0.1, 0.15) is 0 Å². The van der Waals surface area contributed by atoms with Crippen molar-refractivity contribution in [3.8, 4) is 22.3 Å². The lowest BCUT2D eigenvalue weighted by atomic mass is 9.87. The smallest absolute Gasteiger partial charge is 0.0629 e. The molecule has 0 bridgehead atoms. The molecular weight excluding hydrogens is 685 g/mol. The molecule has 1 aromatic heterocycles. The van der Waals surface area contributed by atoms with Crippen molar-refractivity contribution in [2.45, 2.75) is 12.0 Å². The number of thiophene rings is 1. The lowest BCUT2D eigenvalue weighted by Crippen LogP contribution is -2.28. The zero-order valence-corrected chi connectivity index (χ0v) is 30.9. The fraction of sp³-hybridized carbons (Fsp3) is 0.0385. The molecule has 55 heavy (non-hydrogen) atoms. The summed E-state index contributed by atoms with van der Waals surface area (Å²) in [4.78, 5) is 4.98. The van der Waals surface area contributed by atoms with Gasteiger partial charge >= 0.3 is 0 Å². The van der Waals surface area contributed by atoms with Crippen LogP contribution in [0.1, 0.15) is 11.5 Å². The van der Waals surface area contributed by atoms with Crippen molar-refractivity contribution in [1.29, 1.82) is 0 Å². The van der Waals surface area contributed by atoms with E-state index in [1.807, 2.05) is 11.3 Å². The summed E-state index contributed by atoms with van der Waals surface area (Å²) >= 11 is 1.86. The Morgan fingerprint density at radius 2 is 1.09 bits per heavy atom. The van der Waals surface area contributed by atoms with Crippen LogP contribution in [0.4, 0.5) is 28.4 Å². The predicted molar refractivity (Wildman–Crippen MR) is 236 cm³/mol. The van der Waals surface area contributed by atoms with Gasteiger partial charge in [-0.2, -0.15) is 0 Å². The number of anilines is 5. The van der Waals surface area contributed by atoms with Crippen molar-refractivity contribution in [3.63, 3.8) is 0 Å². The minimum atomic E-state index is 0.236. The highest BCUT2D eigenvalue weighted by molar-refractivity contribution is 7.25. The Balaban J connectivity index is 1.08. The van der Waals surface area contributed by atoms with Crippen molar-refractivity contribution in [3.05, 3.63) is 212 Å². The van der Waals surface area contributed by atoms with Crippen LogP contribution in [0.25, 0.3) is 53.2 Å². The molecule has 2 heterocycles. The molecular formula is C52H36N2S. The number of para-hydroxylation sites is 2. The van der Waals surface area contributed by atoms with Crippen LogP contribution < -0.4 is 9.80 Å². The van der Waals surface area contributed by atoms with E-state index in [0.29, 0.717) is 0 Å². The first kappa shape index (κ1) is 31.8. The molecule has 3 heteroatoms. The van der Waals surface area contributed by atoms with Gasteiger partial charge in [0.2, 0.25) is 0 Å². The molecule has 0 radical (unpaired) electrons. The summed E-state index contributed by atoms with van der Waals surface area (Å²) in [6.45, 7) is 0. The fourth-order valence-electron chi connectivity index (χ4n) is 8.91. The lowest BCUT2D eigenvalue weighted by Gasteiger charge is -2.29. The van der Waals surface area contributed by atoms with E-state index in [2.05, 4.69) is 216 Å². The molecule has 1 unspecified atom stereocenters. The largest absolute Gasteiger partial charge is 0.333 e. The SMILES string of the molecule is C1=CC2c3cc(-c4ccc(N(c5ccc6sc7ccccc7c6c5)c5ccccc5-c5ccccc5)cc4)c4ccccc4c3N(c3ccccc3)[C@H]2C=C1. The Morgan fingerprint density at radius 1 is 0.455 bits per heavy atom. The van der Waals surface area contributed by atoms with Crippen LogP contribution in [0.15, 0.2) is 206 Å². The van der Waals surface area contributed by atoms with Gasteiger partial charge in [-0.1, -0.05) is 146 Å². The third kappa shape index (κ3) is 5.23. The average Bonchev–Trinajstić information content (AvgIpc) is 3.80. The van der Waals surface area contributed by atoms with Gasteiger partial charge < -0.3 is 9.80 Å². The Kier molecular flexibility index (Phi) is 7.53. The van der Waals surface area contributed by atoms with Crippen LogP contribution in [0.5, 0.6) is 0 Å². The van der Waals surface area contributed by atoms with Crippen molar-refractivity contribution < 1.29 is 0 Å². The lowest BCUT2D eigenvalue weighted by molar-refractivity contribution is 0.745. The predicted octanol–water partition coefficient (Wildman–Crippen LogP) is 14.7. The Bertz CT molecular complexity index is 2940. The second kappa shape index (κ2) is 13.0. The zero-order chi connectivity index (χ0) is 36.3. The monoisotopic (exact) mass is 720 g/mol.